The van der Waals surface area contributed by atoms with Gasteiger partial charge in [0.05, 0.1) is 7.11 Å². The maximum atomic E-state index is 12.5. The van der Waals surface area contributed by atoms with E-state index in [9.17, 15) is 14.4 Å². The molecule has 4 rings (SSSR count). The topological polar surface area (TPSA) is 78.9 Å². The lowest BCUT2D eigenvalue weighted by atomic mass is 9.37. The molecule has 6 nitrogen and oxygen atoms in total. The molecule has 32 heavy (non-hydrogen) atoms. The molecule has 0 aromatic heterocycles. The highest BCUT2D eigenvalue weighted by molar-refractivity contribution is 5.91. The van der Waals surface area contributed by atoms with Crippen LogP contribution < -0.4 is 0 Å². The van der Waals surface area contributed by atoms with Gasteiger partial charge in [-0.25, -0.2) is 0 Å². The quantitative estimate of drug-likeness (QED) is 0.348. The van der Waals surface area contributed by atoms with Crippen molar-refractivity contribution in [3.05, 3.63) is 0 Å². The van der Waals surface area contributed by atoms with Crippen LogP contribution in [0.15, 0.2) is 0 Å². The van der Waals surface area contributed by atoms with E-state index in [1.807, 2.05) is 0 Å². The van der Waals surface area contributed by atoms with Crippen LogP contribution in [0.1, 0.15) is 92.4 Å². The molecule has 4 aliphatic rings. The normalized spacial score (nSPS) is 44.1. The molecule has 4 fully saturated rings. The number of carbonyl (C=O) groups is 3. The minimum absolute atomic E-state index is 0.0910. The average molecular weight is 449 g/mol. The van der Waals surface area contributed by atoms with Crippen LogP contribution in [0.3, 0.4) is 0 Å². The van der Waals surface area contributed by atoms with Crippen molar-refractivity contribution in [2.75, 3.05) is 7.11 Å². The Labute approximate surface area is 192 Å². The molecule has 0 aliphatic heterocycles. The van der Waals surface area contributed by atoms with Crippen LogP contribution in [0.25, 0.3) is 0 Å². The van der Waals surface area contributed by atoms with Crippen LogP contribution >= 0.6 is 0 Å². The van der Waals surface area contributed by atoms with Gasteiger partial charge in [-0.15, -0.1) is 0 Å². The van der Waals surface area contributed by atoms with Gasteiger partial charge in [0.2, 0.25) is 0 Å². The van der Waals surface area contributed by atoms with E-state index in [2.05, 4.69) is 32.4 Å². The van der Waals surface area contributed by atoms with Crippen molar-refractivity contribution in [2.24, 2.45) is 33.5 Å². The molecule has 6 heteroatoms. The maximum absolute atomic E-state index is 12.5. The highest BCUT2D eigenvalue weighted by Gasteiger charge is 2.72. The third-order valence-corrected chi connectivity index (χ3v) is 10.2. The molecule has 0 aromatic carbocycles. The Morgan fingerprint density at radius 2 is 1.62 bits per heavy atom. The monoisotopic (exact) mass is 448 g/mol. The minimum Gasteiger partial charge on any atom is -0.469 e. The van der Waals surface area contributed by atoms with Crippen LogP contribution in [-0.2, 0) is 28.6 Å². The lowest BCUT2D eigenvalue weighted by molar-refractivity contribution is -0.235. The Morgan fingerprint density at radius 3 is 2.28 bits per heavy atom. The molecule has 7 atom stereocenters. The predicted octanol–water partition coefficient (Wildman–Crippen LogP) is 4.83. The summed E-state index contributed by atoms with van der Waals surface area (Å²) in [6.07, 6.45) is 7.54. The van der Waals surface area contributed by atoms with E-state index < -0.39 is 11.9 Å². The summed E-state index contributed by atoms with van der Waals surface area (Å²) in [4.78, 5) is 36.2. The summed E-state index contributed by atoms with van der Waals surface area (Å²) in [5, 5.41) is 0. The second-order valence-electron chi connectivity index (χ2n) is 12.3. The van der Waals surface area contributed by atoms with E-state index in [1.54, 1.807) is 0 Å². The number of carbonyl (C=O) groups excluding carboxylic acids is 3. The first-order valence-corrected chi connectivity index (χ1v) is 12.3. The lowest BCUT2D eigenvalue weighted by Gasteiger charge is -2.68. The van der Waals surface area contributed by atoms with Gasteiger partial charge in [-0.1, -0.05) is 34.1 Å². The van der Waals surface area contributed by atoms with Crippen molar-refractivity contribution in [1.82, 2.24) is 0 Å². The second kappa shape index (κ2) is 7.73. The standard InChI is InChI=1S/C26H40O6/c1-16(27)31-18-13-19-23(2,3)8-7-9-25(19,5)26-11-10-24(4,15-26)20(12-17(18)26)32-22(29)14-21(28)30-6/h17-20H,7-15H2,1-6H3/t17-,18+,19+,20-,24-,25+,26+/m1/s1. The van der Waals surface area contributed by atoms with Gasteiger partial charge in [0.1, 0.15) is 18.6 Å². The molecule has 0 amide bonds. The van der Waals surface area contributed by atoms with E-state index >= 15 is 0 Å². The number of methoxy groups -OCH3 is 1. The van der Waals surface area contributed by atoms with E-state index in [0.29, 0.717) is 12.3 Å². The summed E-state index contributed by atoms with van der Waals surface area (Å²) in [5.41, 5.74) is 0.381. The van der Waals surface area contributed by atoms with Crippen molar-refractivity contribution >= 4 is 17.9 Å². The number of hydrogen-bond acceptors (Lipinski definition) is 6. The largest absolute Gasteiger partial charge is 0.469 e. The van der Waals surface area contributed by atoms with Crippen molar-refractivity contribution in [1.29, 1.82) is 0 Å². The molecule has 0 heterocycles. The molecule has 1 spiro atoms. The summed E-state index contributed by atoms with van der Waals surface area (Å²) in [7, 11) is 1.28. The molecule has 0 saturated heterocycles. The van der Waals surface area contributed by atoms with Gasteiger partial charge in [-0.2, -0.15) is 0 Å². The SMILES string of the molecule is COC(=O)CC(=O)O[C@@H]1C[C@@H]2[C@@H](OC(C)=O)C[C@H]3C(C)(C)CCC[C@]3(C)[C@]23CC[C@]1(C)C3. The van der Waals surface area contributed by atoms with Gasteiger partial charge in [-0.3, -0.25) is 14.4 Å². The summed E-state index contributed by atoms with van der Waals surface area (Å²) in [6, 6.07) is 0. The molecule has 4 saturated carbocycles. The van der Waals surface area contributed by atoms with Crippen LogP contribution in [0.4, 0.5) is 0 Å². The fourth-order valence-corrected chi connectivity index (χ4v) is 8.77. The Bertz CT molecular complexity index is 804. The highest BCUT2D eigenvalue weighted by Crippen LogP contribution is 2.76. The first-order valence-electron chi connectivity index (χ1n) is 12.3. The smallest absolute Gasteiger partial charge is 0.317 e. The van der Waals surface area contributed by atoms with Crippen molar-refractivity contribution in [2.45, 2.75) is 105 Å². The van der Waals surface area contributed by atoms with E-state index in [0.717, 1.165) is 25.7 Å². The molecule has 0 N–H and O–H groups in total. The van der Waals surface area contributed by atoms with Gasteiger partial charge >= 0.3 is 17.9 Å². The predicted molar refractivity (Wildman–Crippen MR) is 118 cm³/mol. The van der Waals surface area contributed by atoms with Gasteiger partial charge in [0.15, 0.2) is 0 Å². The lowest BCUT2D eigenvalue weighted by Crippen LogP contribution is -2.64. The van der Waals surface area contributed by atoms with Crippen LogP contribution in [0.2, 0.25) is 0 Å². The zero-order valence-electron chi connectivity index (χ0n) is 20.6. The number of rotatable bonds is 4. The van der Waals surface area contributed by atoms with Crippen molar-refractivity contribution in [3.63, 3.8) is 0 Å². The van der Waals surface area contributed by atoms with Gasteiger partial charge in [0, 0.05) is 18.3 Å². The Balaban J connectivity index is 1.69. The van der Waals surface area contributed by atoms with E-state index in [1.165, 1.54) is 33.3 Å². The molecule has 180 valence electrons. The Morgan fingerprint density at radius 1 is 0.906 bits per heavy atom. The number of hydrogen-bond donors (Lipinski definition) is 0. The average Bonchev–Trinajstić information content (AvgIpc) is 3.00. The minimum atomic E-state index is -0.577. The zero-order valence-corrected chi connectivity index (χ0v) is 20.6. The molecule has 4 aliphatic carbocycles. The van der Waals surface area contributed by atoms with Crippen LogP contribution in [-0.4, -0.2) is 37.2 Å². The summed E-state index contributed by atoms with van der Waals surface area (Å²) in [5.74, 6) is -0.650. The molecular weight excluding hydrogens is 408 g/mol. The fourth-order valence-electron chi connectivity index (χ4n) is 8.77. The molecule has 0 aromatic rings. The van der Waals surface area contributed by atoms with Crippen molar-refractivity contribution in [3.8, 4) is 0 Å². The molecule has 0 unspecified atom stereocenters. The molecule has 2 bridgehead atoms. The van der Waals surface area contributed by atoms with Gasteiger partial charge in [-0.05, 0) is 67.1 Å². The third kappa shape index (κ3) is 3.47. The fraction of sp³-hybridized carbons (Fsp3) is 0.885. The summed E-state index contributed by atoms with van der Waals surface area (Å²) < 4.78 is 16.6. The molecular formula is C26H40O6. The Hall–Kier alpha value is -1.59. The van der Waals surface area contributed by atoms with Crippen LogP contribution in [0, 0.1) is 33.5 Å². The number of fused-ring (bicyclic) bond motifs is 2. The summed E-state index contributed by atoms with van der Waals surface area (Å²) >= 11 is 0. The zero-order chi connectivity index (χ0) is 23.5. The maximum Gasteiger partial charge on any atom is 0.317 e. The van der Waals surface area contributed by atoms with Crippen LogP contribution in [0.5, 0.6) is 0 Å². The van der Waals surface area contributed by atoms with E-state index in [4.69, 9.17) is 9.47 Å². The van der Waals surface area contributed by atoms with Crippen molar-refractivity contribution < 1.29 is 28.6 Å². The third-order valence-electron chi connectivity index (χ3n) is 10.2. The van der Waals surface area contributed by atoms with Gasteiger partial charge < -0.3 is 14.2 Å². The first-order chi connectivity index (χ1) is 14.9. The summed E-state index contributed by atoms with van der Waals surface area (Å²) in [6.45, 7) is 11.0. The van der Waals surface area contributed by atoms with E-state index in [-0.39, 0.29) is 52.2 Å². The number of ether oxygens (including phenoxy) is 3. The number of esters is 3. The Kier molecular flexibility index (Phi) is 5.69. The van der Waals surface area contributed by atoms with Gasteiger partial charge in [0.25, 0.3) is 0 Å². The first kappa shape index (κ1) is 23.6. The highest BCUT2D eigenvalue weighted by atomic mass is 16.6. The second-order valence-corrected chi connectivity index (χ2v) is 12.3. The molecule has 0 radical (unpaired) electrons.